The molecule has 4 aromatic carbocycles. The number of hydrogen-bond acceptors (Lipinski definition) is 9. The van der Waals surface area contributed by atoms with Gasteiger partial charge in [0.25, 0.3) is 0 Å². The maximum atomic E-state index is 15.2. The third-order valence-electron chi connectivity index (χ3n) is 9.92. The van der Waals surface area contributed by atoms with Gasteiger partial charge in [-0.2, -0.15) is 0 Å². The standard InChI is InChI=1S/C41H49N2O9P/c1-5-48-53(51-28(2)52-53)27-47-35-21-15-30(16-22-35)24-37-39-38(49-41(3,4)50-39)36(23-29-9-7-6-8-10-29)42(25-31-11-17-33(44)18-12-31)40(46)43(37)26-32-13-19-34(45)20-14-32/h6-22,28,36-39,44-45,53H,5,23-27H2,1-4H3/t36-,37-,38+,39+/m1/s1. The summed E-state index contributed by atoms with van der Waals surface area (Å²) in [6, 6.07) is 30.9. The summed E-state index contributed by atoms with van der Waals surface area (Å²) in [6.45, 7) is 8.65. The fraction of sp³-hybridized carbons (Fsp3) is 0.390. The third kappa shape index (κ3) is 8.62. The van der Waals surface area contributed by atoms with Crippen LogP contribution in [0.3, 0.4) is 0 Å². The van der Waals surface area contributed by atoms with Gasteiger partial charge in [-0.3, -0.25) is 0 Å². The molecule has 3 aliphatic rings. The van der Waals surface area contributed by atoms with E-state index in [9.17, 15) is 10.2 Å². The Morgan fingerprint density at radius 3 is 1.64 bits per heavy atom. The fourth-order valence-corrected chi connectivity index (χ4v) is 9.70. The van der Waals surface area contributed by atoms with Crippen LogP contribution in [0.15, 0.2) is 103 Å². The van der Waals surface area contributed by atoms with Crippen LogP contribution in [0.25, 0.3) is 0 Å². The average molecular weight is 745 g/mol. The summed E-state index contributed by atoms with van der Waals surface area (Å²) in [7, 11) is -2.83. The molecule has 4 aromatic rings. The first-order chi connectivity index (χ1) is 25.5. The number of ether oxygens (including phenoxy) is 3. The van der Waals surface area contributed by atoms with Crippen LogP contribution in [0.5, 0.6) is 17.2 Å². The normalized spacial score (nSPS) is 25.3. The summed E-state index contributed by atoms with van der Waals surface area (Å²) in [4.78, 5) is 19.0. The Morgan fingerprint density at radius 2 is 1.17 bits per heavy atom. The fourth-order valence-electron chi connectivity index (χ4n) is 7.54. The predicted molar refractivity (Wildman–Crippen MR) is 201 cm³/mol. The zero-order chi connectivity index (χ0) is 37.2. The van der Waals surface area contributed by atoms with Crippen LogP contribution in [0.2, 0.25) is 0 Å². The monoisotopic (exact) mass is 744 g/mol. The number of benzene rings is 4. The SMILES string of the molecule is CCO[PH]1(COc2ccc(C[C@@H]3[C@@H]4OC(C)(C)O[C@H]4[C@@H](Cc4ccccc4)N(Cc4ccc(O)cc4)C(=O)N3Cc3ccc(O)cc3)cc2)OC(C)O1. The van der Waals surface area contributed by atoms with Gasteiger partial charge >= 0.3 is 213 Å². The quantitative estimate of drug-likeness (QED) is 0.134. The van der Waals surface area contributed by atoms with Crippen LogP contribution < -0.4 is 4.74 Å². The molecule has 0 radical (unpaired) electrons. The van der Waals surface area contributed by atoms with Gasteiger partial charge in [0.05, 0.1) is 0 Å². The molecule has 2 amide bonds. The molecule has 3 saturated heterocycles. The number of carbonyl (C=O) groups is 1. The van der Waals surface area contributed by atoms with Crippen molar-refractivity contribution >= 4 is 14.0 Å². The van der Waals surface area contributed by atoms with Crippen molar-refractivity contribution in [3.63, 3.8) is 0 Å². The number of rotatable bonds is 13. The van der Waals surface area contributed by atoms with Crippen molar-refractivity contribution in [1.82, 2.24) is 9.80 Å². The average Bonchev–Trinajstić information content (AvgIpc) is 3.43. The van der Waals surface area contributed by atoms with Gasteiger partial charge in [-0.05, 0) is 35.4 Å². The van der Waals surface area contributed by atoms with Crippen LogP contribution in [-0.2, 0) is 49.0 Å². The van der Waals surface area contributed by atoms with E-state index in [1.165, 1.54) is 0 Å². The third-order valence-corrected chi connectivity index (χ3v) is 12.5. The molecular formula is C41H49N2O9P. The Morgan fingerprint density at radius 1 is 0.698 bits per heavy atom. The van der Waals surface area contributed by atoms with Gasteiger partial charge < -0.3 is 10.2 Å². The molecule has 0 bridgehead atoms. The van der Waals surface area contributed by atoms with Crippen LogP contribution in [0, 0.1) is 0 Å². The molecule has 53 heavy (non-hydrogen) atoms. The molecule has 11 nitrogen and oxygen atoms in total. The van der Waals surface area contributed by atoms with Crippen molar-refractivity contribution < 1.29 is 42.8 Å². The number of amides is 2. The molecule has 3 fully saturated rings. The molecule has 12 heteroatoms. The zero-order valence-electron chi connectivity index (χ0n) is 30.6. The van der Waals surface area contributed by atoms with E-state index in [-0.39, 0.29) is 42.8 Å². The molecule has 0 spiro atoms. The molecule has 7 rings (SSSR count). The molecule has 0 saturated carbocycles. The van der Waals surface area contributed by atoms with Crippen molar-refractivity contribution in [2.24, 2.45) is 0 Å². The first kappa shape index (κ1) is 37.1. The number of fused-ring (bicyclic) bond motifs is 1. The summed E-state index contributed by atoms with van der Waals surface area (Å²) in [5, 5.41) is 20.1. The maximum absolute atomic E-state index is 15.2. The van der Waals surface area contributed by atoms with Gasteiger partial charge in [0.2, 0.25) is 0 Å². The molecular weight excluding hydrogens is 695 g/mol. The summed E-state index contributed by atoms with van der Waals surface area (Å²) in [6.07, 6.45) is 0.00493. The summed E-state index contributed by atoms with van der Waals surface area (Å²) >= 11 is 0. The minimum atomic E-state index is -2.83. The summed E-state index contributed by atoms with van der Waals surface area (Å²) in [5.41, 5.74) is 3.82. The topological polar surface area (TPSA) is 119 Å². The summed E-state index contributed by atoms with van der Waals surface area (Å²) in [5.74, 6) is 0.0680. The van der Waals surface area contributed by atoms with Gasteiger partial charge in [-0.1, -0.05) is 42.5 Å². The number of carbonyl (C=O) groups excluding carboxylic acids is 1. The van der Waals surface area contributed by atoms with Crippen molar-refractivity contribution in [2.75, 3.05) is 13.0 Å². The van der Waals surface area contributed by atoms with Crippen molar-refractivity contribution in [3.8, 4) is 17.2 Å². The predicted octanol–water partition coefficient (Wildman–Crippen LogP) is 7.54. The molecule has 3 heterocycles. The second-order valence-corrected chi connectivity index (χ2v) is 16.7. The van der Waals surface area contributed by atoms with E-state index in [2.05, 4.69) is 12.1 Å². The van der Waals surface area contributed by atoms with Crippen LogP contribution in [-0.4, -0.2) is 75.4 Å². The number of aromatic hydroxyl groups is 2. The van der Waals surface area contributed by atoms with Gasteiger partial charge in [-0.15, -0.1) is 0 Å². The van der Waals surface area contributed by atoms with Gasteiger partial charge in [-0.25, -0.2) is 0 Å². The molecule has 0 aliphatic carbocycles. The Hall–Kier alpha value is -4.22. The molecule has 2 N–H and O–H groups in total. The van der Waals surface area contributed by atoms with E-state index in [0.29, 0.717) is 31.7 Å². The zero-order valence-corrected chi connectivity index (χ0v) is 31.6. The molecule has 0 aromatic heterocycles. The number of hydrogen-bond donors (Lipinski definition) is 2. The van der Waals surface area contributed by atoms with E-state index in [0.717, 1.165) is 22.3 Å². The van der Waals surface area contributed by atoms with E-state index in [1.807, 2.05) is 104 Å². The van der Waals surface area contributed by atoms with E-state index >= 15 is 4.79 Å². The van der Waals surface area contributed by atoms with Crippen molar-refractivity contribution in [2.45, 2.75) is 90.0 Å². The van der Waals surface area contributed by atoms with Crippen LogP contribution in [0.4, 0.5) is 4.79 Å². The van der Waals surface area contributed by atoms with E-state index < -0.39 is 32.0 Å². The van der Waals surface area contributed by atoms with Gasteiger partial charge in [0, 0.05) is 0 Å². The molecule has 4 atom stereocenters. The molecule has 282 valence electrons. The van der Waals surface area contributed by atoms with E-state index in [4.69, 9.17) is 27.8 Å². The second kappa shape index (κ2) is 15.6. The van der Waals surface area contributed by atoms with Crippen LogP contribution in [0.1, 0.15) is 49.9 Å². The number of phenols is 2. The first-order valence-corrected chi connectivity index (χ1v) is 20.2. The van der Waals surface area contributed by atoms with Gasteiger partial charge in [0.15, 0.2) is 0 Å². The molecule has 0 unspecified atom stereocenters. The Kier molecular flexibility index (Phi) is 10.9. The van der Waals surface area contributed by atoms with Crippen molar-refractivity contribution in [3.05, 3.63) is 125 Å². The number of nitrogens with zero attached hydrogens (tertiary/aromatic N) is 2. The number of urea groups is 1. The Labute approximate surface area is 311 Å². The summed E-state index contributed by atoms with van der Waals surface area (Å²) < 4.78 is 37.2. The Balaban J connectivity index is 1.24. The van der Waals surface area contributed by atoms with E-state index in [1.54, 1.807) is 24.3 Å². The first-order valence-electron chi connectivity index (χ1n) is 18.2. The second-order valence-electron chi connectivity index (χ2n) is 14.3. The molecule has 3 aliphatic heterocycles. The van der Waals surface area contributed by atoms with Crippen LogP contribution >= 0.6 is 7.94 Å². The van der Waals surface area contributed by atoms with Gasteiger partial charge in [0.1, 0.15) is 11.5 Å². The minimum absolute atomic E-state index is 0.154. The van der Waals surface area contributed by atoms with Crippen molar-refractivity contribution in [1.29, 1.82) is 0 Å². The number of phenolic OH excluding ortho intramolecular Hbond substituents is 2. The Bertz CT molecular complexity index is 1810.